The van der Waals surface area contributed by atoms with Crippen LogP contribution >= 0.6 is 0 Å². The molecule has 8 nitrogen and oxygen atoms in total. The summed E-state index contributed by atoms with van der Waals surface area (Å²) in [4.78, 5) is 27.3. The van der Waals surface area contributed by atoms with Crippen LogP contribution < -0.4 is 15.8 Å². The molecule has 0 aliphatic carbocycles. The summed E-state index contributed by atoms with van der Waals surface area (Å²) in [7, 11) is 0. The van der Waals surface area contributed by atoms with E-state index in [1.54, 1.807) is 60.1 Å². The van der Waals surface area contributed by atoms with Gasteiger partial charge in [0.05, 0.1) is 44.8 Å². The first-order valence-electron chi connectivity index (χ1n) is 11.7. The van der Waals surface area contributed by atoms with Gasteiger partial charge in [-0.1, -0.05) is 42.5 Å². The lowest BCUT2D eigenvalue weighted by atomic mass is 9.83. The summed E-state index contributed by atoms with van der Waals surface area (Å²) in [5.74, 6) is -1.09. The van der Waals surface area contributed by atoms with Gasteiger partial charge in [0.2, 0.25) is 11.3 Å². The van der Waals surface area contributed by atoms with E-state index in [4.69, 9.17) is 13.6 Å². The molecule has 37 heavy (non-hydrogen) atoms. The first-order valence-corrected chi connectivity index (χ1v) is 11.7. The molecule has 8 heteroatoms. The molecule has 6 aromatic rings. The summed E-state index contributed by atoms with van der Waals surface area (Å²) in [6.45, 7) is 1.77. The van der Waals surface area contributed by atoms with E-state index in [0.717, 1.165) is 0 Å². The average molecular weight is 490 g/mol. The summed E-state index contributed by atoms with van der Waals surface area (Å²) >= 11 is 0. The molecule has 180 valence electrons. The predicted octanol–water partition coefficient (Wildman–Crippen LogP) is 5.39. The molecule has 0 amide bonds. The SMILES string of the molecule is Cc1nn(-c2ccccc2)c2c1C(c1c(O)c3ccccc3oc1=O)c1c(oc3ccccc3c1=O)O2. The molecule has 1 aliphatic rings. The lowest BCUT2D eigenvalue weighted by Crippen LogP contribution is -2.25. The molecule has 0 fully saturated rings. The fourth-order valence-electron chi connectivity index (χ4n) is 5.08. The number of benzene rings is 3. The Balaban J connectivity index is 1.62. The van der Waals surface area contributed by atoms with Crippen molar-refractivity contribution in [2.75, 3.05) is 0 Å². The number of nitrogens with zero attached hydrogens (tertiary/aromatic N) is 2. The molecule has 1 aliphatic heterocycles. The van der Waals surface area contributed by atoms with E-state index in [9.17, 15) is 14.7 Å². The van der Waals surface area contributed by atoms with Crippen LogP contribution in [0.25, 0.3) is 27.6 Å². The number of hydrogen-bond donors (Lipinski definition) is 1. The highest BCUT2D eigenvalue weighted by molar-refractivity contribution is 5.85. The topological polar surface area (TPSA) is 108 Å². The number of fused-ring (bicyclic) bond motifs is 4. The third kappa shape index (κ3) is 2.99. The van der Waals surface area contributed by atoms with E-state index in [0.29, 0.717) is 33.3 Å². The van der Waals surface area contributed by atoms with Crippen LogP contribution in [0.15, 0.2) is 97.3 Å². The van der Waals surface area contributed by atoms with Gasteiger partial charge in [0, 0.05) is 0 Å². The molecule has 3 aromatic heterocycles. The lowest BCUT2D eigenvalue weighted by Gasteiger charge is -2.25. The Morgan fingerprint density at radius 2 is 1.43 bits per heavy atom. The zero-order chi connectivity index (χ0) is 25.3. The largest absolute Gasteiger partial charge is 0.507 e. The zero-order valence-corrected chi connectivity index (χ0v) is 19.5. The number of aromatic nitrogens is 2. The van der Waals surface area contributed by atoms with Gasteiger partial charge >= 0.3 is 5.63 Å². The molecule has 4 heterocycles. The van der Waals surface area contributed by atoms with E-state index in [2.05, 4.69) is 5.10 Å². The summed E-state index contributed by atoms with van der Waals surface area (Å²) in [6, 6.07) is 22.8. The monoisotopic (exact) mass is 490 g/mol. The molecule has 0 saturated heterocycles. The Kier molecular flexibility index (Phi) is 4.41. The van der Waals surface area contributed by atoms with Crippen molar-refractivity contribution >= 4 is 21.9 Å². The first kappa shape index (κ1) is 21.2. The molecular weight excluding hydrogens is 472 g/mol. The standard InChI is InChI=1S/C29H18N2O6/c1-15-21-22(23-25(32)17-11-5-7-13-19(17)35-28(23)34)24-26(33)18-12-6-8-14-20(18)36-29(24)37-27(21)31(30-15)16-9-3-2-4-10-16/h2-14,22,32H,1H3. The summed E-state index contributed by atoms with van der Waals surface area (Å²) in [5, 5.41) is 16.7. The number of aryl methyl sites for hydroxylation is 1. The fraction of sp³-hybridized carbons (Fsp3) is 0.0690. The van der Waals surface area contributed by atoms with Crippen molar-refractivity contribution in [1.82, 2.24) is 9.78 Å². The summed E-state index contributed by atoms with van der Waals surface area (Å²) in [6.07, 6.45) is 0. The second-order valence-corrected chi connectivity index (χ2v) is 8.86. The predicted molar refractivity (Wildman–Crippen MR) is 136 cm³/mol. The number of para-hydroxylation sites is 3. The Bertz CT molecular complexity index is 1980. The van der Waals surface area contributed by atoms with Crippen molar-refractivity contribution in [3.8, 4) is 23.3 Å². The Hall–Kier alpha value is -5.11. The summed E-state index contributed by atoms with van der Waals surface area (Å²) in [5.41, 5.74) is 1.17. The van der Waals surface area contributed by atoms with Crippen molar-refractivity contribution in [3.05, 3.63) is 122 Å². The van der Waals surface area contributed by atoms with Gasteiger partial charge in [-0.15, -0.1) is 0 Å². The van der Waals surface area contributed by atoms with Crippen LogP contribution in [-0.4, -0.2) is 14.9 Å². The first-order chi connectivity index (χ1) is 18.0. The van der Waals surface area contributed by atoms with Crippen molar-refractivity contribution in [3.63, 3.8) is 0 Å². The van der Waals surface area contributed by atoms with Gasteiger partial charge in [0.15, 0.2) is 0 Å². The summed E-state index contributed by atoms with van der Waals surface area (Å²) < 4.78 is 19.5. The molecule has 0 bridgehead atoms. The van der Waals surface area contributed by atoms with Crippen molar-refractivity contribution in [2.45, 2.75) is 12.8 Å². The van der Waals surface area contributed by atoms with Crippen molar-refractivity contribution in [2.24, 2.45) is 0 Å². The van der Waals surface area contributed by atoms with Gasteiger partial charge in [-0.2, -0.15) is 5.10 Å². The van der Waals surface area contributed by atoms with Crippen LogP contribution in [0.2, 0.25) is 0 Å². The van der Waals surface area contributed by atoms with Gasteiger partial charge in [0.1, 0.15) is 16.9 Å². The third-order valence-corrected chi connectivity index (χ3v) is 6.74. The molecule has 7 rings (SSSR count). The minimum atomic E-state index is -1.04. The highest BCUT2D eigenvalue weighted by Crippen LogP contribution is 2.50. The minimum absolute atomic E-state index is 0.0646. The number of aromatic hydroxyl groups is 1. The molecule has 0 radical (unpaired) electrons. The van der Waals surface area contributed by atoms with Crippen LogP contribution in [0.4, 0.5) is 0 Å². The highest BCUT2D eigenvalue weighted by Gasteiger charge is 2.42. The van der Waals surface area contributed by atoms with Gasteiger partial charge in [-0.3, -0.25) is 4.79 Å². The Morgan fingerprint density at radius 1 is 0.784 bits per heavy atom. The lowest BCUT2D eigenvalue weighted by molar-refractivity contribution is 0.314. The van der Waals surface area contributed by atoms with E-state index in [1.165, 1.54) is 0 Å². The van der Waals surface area contributed by atoms with E-state index >= 15 is 0 Å². The maximum absolute atomic E-state index is 13.9. The molecule has 3 aromatic carbocycles. The Labute approximate surface area is 208 Å². The number of hydrogen-bond acceptors (Lipinski definition) is 7. The Morgan fingerprint density at radius 3 is 2.19 bits per heavy atom. The molecule has 1 N–H and O–H groups in total. The number of rotatable bonds is 2. The second kappa shape index (κ2) is 7.69. The van der Waals surface area contributed by atoms with E-state index in [-0.39, 0.29) is 39.7 Å². The van der Waals surface area contributed by atoms with Gasteiger partial charge in [-0.25, -0.2) is 9.48 Å². The van der Waals surface area contributed by atoms with Crippen LogP contribution in [0.1, 0.15) is 28.3 Å². The average Bonchev–Trinajstić information content (AvgIpc) is 3.24. The quantitative estimate of drug-likeness (QED) is 0.324. The van der Waals surface area contributed by atoms with Crippen LogP contribution in [0.5, 0.6) is 17.6 Å². The molecular formula is C29H18N2O6. The van der Waals surface area contributed by atoms with Crippen LogP contribution in [0.3, 0.4) is 0 Å². The molecule has 0 saturated carbocycles. The minimum Gasteiger partial charge on any atom is -0.507 e. The highest BCUT2D eigenvalue weighted by atomic mass is 16.6. The van der Waals surface area contributed by atoms with Gasteiger partial charge in [0.25, 0.3) is 5.95 Å². The number of ether oxygens (including phenoxy) is 1. The second-order valence-electron chi connectivity index (χ2n) is 8.86. The molecule has 1 atom stereocenters. The fourth-order valence-corrected chi connectivity index (χ4v) is 5.08. The van der Waals surface area contributed by atoms with Gasteiger partial charge in [-0.05, 0) is 43.3 Å². The van der Waals surface area contributed by atoms with E-state index in [1.807, 2.05) is 30.3 Å². The maximum atomic E-state index is 13.9. The zero-order valence-electron chi connectivity index (χ0n) is 19.5. The van der Waals surface area contributed by atoms with Crippen LogP contribution in [0, 0.1) is 6.92 Å². The van der Waals surface area contributed by atoms with E-state index < -0.39 is 11.5 Å². The smallest absolute Gasteiger partial charge is 0.344 e. The third-order valence-electron chi connectivity index (χ3n) is 6.74. The maximum Gasteiger partial charge on any atom is 0.344 e. The normalized spacial score (nSPS) is 14.4. The molecule has 0 spiro atoms. The van der Waals surface area contributed by atoms with Crippen LogP contribution in [-0.2, 0) is 0 Å². The van der Waals surface area contributed by atoms with Crippen molar-refractivity contribution in [1.29, 1.82) is 0 Å². The van der Waals surface area contributed by atoms with Gasteiger partial charge < -0.3 is 18.7 Å². The van der Waals surface area contributed by atoms with Crippen molar-refractivity contribution < 1.29 is 18.7 Å². The molecule has 1 unspecified atom stereocenters.